The first kappa shape index (κ1) is 11.3. The molecule has 0 spiro atoms. The molecule has 0 unspecified atom stereocenters. The number of aromatic nitrogens is 2. The smallest absolute Gasteiger partial charge is 0.119 e. The maximum Gasteiger partial charge on any atom is 0.119 e. The summed E-state index contributed by atoms with van der Waals surface area (Å²) < 4.78 is 7.54. The Balaban J connectivity index is 1.60. The first-order valence-electron chi connectivity index (χ1n) is 6.24. The molecule has 18 heavy (non-hydrogen) atoms. The standard InChI is InChI=1S/C14H16N2O2/c17-14-5-2-11-10-12(3-4-13(11)14)18-9-8-16-7-1-6-15-16/h1,3-4,6-7,10,14,17H,2,5,8-9H2/t14-/m0/s1. The van der Waals surface area contributed by atoms with E-state index in [1.54, 1.807) is 6.20 Å². The van der Waals surface area contributed by atoms with Crippen molar-refractivity contribution in [3.05, 3.63) is 47.8 Å². The molecule has 2 aromatic rings. The lowest BCUT2D eigenvalue weighted by Gasteiger charge is -2.09. The van der Waals surface area contributed by atoms with E-state index in [-0.39, 0.29) is 6.10 Å². The van der Waals surface area contributed by atoms with Crippen LogP contribution in [0.5, 0.6) is 5.75 Å². The largest absolute Gasteiger partial charge is 0.492 e. The van der Waals surface area contributed by atoms with Gasteiger partial charge in [-0.2, -0.15) is 5.10 Å². The van der Waals surface area contributed by atoms with E-state index < -0.39 is 0 Å². The van der Waals surface area contributed by atoms with Crippen LogP contribution in [0, 0.1) is 0 Å². The first-order chi connectivity index (χ1) is 8.83. The van der Waals surface area contributed by atoms with Gasteiger partial charge >= 0.3 is 0 Å². The van der Waals surface area contributed by atoms with Crippen LogP contribution < -0.4 is 4.74 Å². The summed E-state index contributed by atoms with van der Waals surface area (Å²) in [5, 5.41) is 13.8. The van der Waals surface area contributed by atoms with Gasteiger partial charge in [0.25, 0.3) is 0 Å². The molecule has 0 aliphatic heterocycles. The molecule has 0 saturated carbocycles. The zero-order valence-electron chi connectivity index (χ0n) is 10.1. The van der Waals surface area contributed by atoms with Crippen LogP contribution in [0.1, 0.15) is 23.7 Å². The molecule has 1 aliphatic rings. The van der Waals surface area contributed by atoms with E-state index in [1.807, 2.05) is 35.1 Å². The quantitative estimate of drug-likeness (QED) is 0.894. The van der Waals surface area contributed by atoms with Gasteiger partial charge in [0.05, 0.1) is 12.6 Å². The van der Waals surface area contributed by atoms with Gasteiger partial charge in [0.2, 0.25) is 0 Å². The van der Waals surface area contributed by atoms with Crippen molar-refractivity contribution >= 4 is 0 Å². The van der Waals surface area contributed by atoms with E-state index in [9.17, 15) is 5.11 Å². The van der Waals surface area contributed by atoms with Crippen molar-refractivity contribution in [3.8, 4) is 5.75 Å². The maximum atomic E-state index is 9.72. The molecule has 0 radical (unpaired) electrons. The van der Waals surface area contributed by atoms with Crippen molar-refractivity contribution in [1.82, 2.24) is 9.78 Å². The summed E-state index contributed by atoms with van der Waals surface area (Å²) in [6.07, 6.45) is 5.15. The molecule has 1 atom stereocenters. The molecule has 0 saturated heterocycles. The van der Waals surface area contributed by atoms with Crippen LogP contribution in [0.2, 0.25) is 0 Å². The minimum atomic E-state index is -0.293. The monoisotopic (exact) mass is 244 g/mol. The highest BCUT2D eigenvalue weighted by Crippen LogP contribution is 2.33. The number of hydrogen-bond donors (Lipinski definition) is 1. The lowest BCUT2D eigenvalue weighted by atomic mass is 10.1. The fraction of sp³-hybridized carbons (Fsp3) is 0.357. The third kappa shape index (κ3) is 2.24. The highest BCUT2D eigenvalue weighted by molar-refractivity contribution is 5.39. The van der Waals surface area contributed by atoms with Crippen molar-refractivity contribution in [2.75, 3.05) is 6.61 Å². The molecule has 94 valence electrons. The maximum absolute atomic E-state index is 9.72. The average molecular weight is 244 g/mol. The molecule has 1 aliphatic carbocycles. The third-order valence-electron chi connectivity index (χ3n) is 3.31. The summed E-state index contributed by atoms with van der Waals surface area (Å²) in [7, 11) is 0. The molecule has 0 amide bonds. The van der Waals surface area contributed by atoms with Gasteiger partial charge in [0.1, 0.15) is 12.4 Å². The van der Waals surface area contributed by atoms with Gasteiger partial charge in [0.15, 0.2) is 0 Å². The Morgan fingerprint density at radius 2 is 2.39 bits per heavy atom. The van der Waals surface area contributed by atoms with Crippen LogP contribution in [0.3, 0.4) is 0 Å². The van der Waals surface area contributed by atoms with Crippen molar-refractivity contribution in [2.45, 2.75) is 25.5 Å². The van der Waals surface area contributed by atoms with Crippen LogP contribution in [0.15, 0.2) is 36.7 Å². The van der Waals surface area contributed by atoms with E-state index >= 15 is 0 Å². The lowest BCUT2D eigenvalue weighted by molar-refractivity contribution is 0.180. The number of aryl methyl sites for hydroxylation is 1. The third-order valence-corrected chi connectivity index (χ3v) is 3.31. The number of benzene rings is 1. The highest BCUT2D eigenvalue weighted by Gasteiger charge is 2.20. The van der Waals surface area contributed by atoms with Crippen molar-refractivity contribution < 1.29 is 9.84 Å². The van der Waals surface area contributed by atoms with Gasteiger partial charge in [-0.25, -0.2) is 0 Å². The molecule has 1 heterocycles. The molecule has 4 heteroatoms. The van der Waals surface area contributed by atoms with Gasteiger partial charge in [0, 0.05) is 12.4 Å². The van der Waals surface area contributed by atoms with Crippen LogP contribution >= 0.6 is 0 Å². The Bertz CT molecular complexity index is 523. The number of hydrogen-bond acceptors (Lipinski definition) is 3. The molecule has 1 aromatic carbocycles. The summed E-state index contributed by atoms with van der Waals surface area (Å²) >= 11 is 0. The molecule has 0 bridgehead atoms. The summed E-state index contributed by atoms with van der Waals surface area (Å²) in [5.41, 5.74) is 2.26. The SMILES string of the molecule is O[C@H]1CCc2cc(OCCn3cccn3)ccc21. The number of aliphatic hydroxyl groups is 1. The normalized spacial score (nSPS) is 17.7. The molecule has 1 N–H and O–H groups in total. The number of ether oxygens (including phenoxy) is 1. The van der Waals surface area contributed by atoms with E-state index in [0.29, 0.717) is 6.61 Å². The van der Waals surface area contributed by atoms with Crippen LogP contribution in [0.4, 0.5) is 0 Å². The summed E-state index contributed by atoms with van der Waals surface area (Å²) in [5.74, 6) is 0.870. The predicted octanol–water partition coefficient (Wildman–Crippen LogP) is 1.94. The molecule has 4 nitrogen and oxygen atoms in total. The van der Waals surface area contributed by atoms with E-state index in [4.69, 9.17) is 4.74 Å². The molecule has 3 rings (SSSR count). The van der Waals surface area contributed by atoms with Crippen LogP contribution in [-0.2, 0) is 13.0 Å². The van der Waals surface area contributed by atoms with Gasteiger partial charge in [-0.15, -0.1) is 0 Å². The summed E-state index contributed by atoms with van der Waals surface area (Å²) in [4.78, 5) is 0. The van der Waals surface area contributed by atoms with E-state index in [1.165, 1.54) is 5.56 Å². The Labute approximate surface area is 106 Å². The molecular weight excluding hydrogens is 228 g/mol. The predicted molar refractivity (Wildman–Crippen MR) is 67.4 cm³/mol. The van der Waals surface area contributed by atoms with Gasteiger partial charge in [-0.05, 0) is 42.2 Å². The highest BCUT2D eigenvalue weighted by atomic mass is 16.5. The Hall–Kier alpha value is -1.81. The number of aliphatic hydroxyl groups excluding tert-OH is 1. The summed E-state index contributed by atoms with van der Waals surface area (Å²) in [6.45, 7) is 1.34. The molecular formula is C14H16N2O2. The topological polar surface area (TPSA) is 47.3 Å². The van der Waals surface area contributed by atoms with E-state index in [2.05, 4.69) is 5.10 Å². The number of rotatable bonds is 4. The zero-order valence-corrected chi connectivity index (χ0v) is 10.1. The lowest BCUT2D eigenvalue weighted by Crippen LogP contribution is -2.08. The van der Waals surface area contributed by atoms with E-state index in [0.717, 1.165) is 30.7 Å². The first-order valence-corrected chi connectivity index (χ1v) is 6.24. The number of fused-ring (bicyclic) bond motifs is 1. The zero-order chi connectivity index (χ0) is 12.4. The Morgan fingerprint density at radius 3 is 3.22 bits per heavy atom. The van der Waals surface area contributed by atoms with Crippen molar-refractivity contribution in [3.63, 3.8) is 0 Å². The second kappa shape index (κ2) is 4.82. The van der Waals surface area contributed by atoms with Crippen molar-refractivity contribution in [2.24, 2.45) is 0 Å². The second-order valence-corrected chi connectivity index (χ2v) is 4.53. The Morgan fingerprint density at radius 1 is 1.44 bits per heavy atom. The fourth-order valence-corrected chi connectivity index (χ4v) is 2.35. The van der Waals surface area contributed by atoms with Gasteiger partial charge in [-0.3, -0.25) is 4.68 Å². The molecule has 1 aromatic heterocycles. The van der Waals surface area contributed by atoms with Gasteiger partial charge in [-0.1, -0.05) is 6.07 Å². The Kier molecular flexibility index (Phi) is 3.02. The summed E-state index contributed by atoms with van der Waals surface area (Å²) in [6, 6.07) is 7.83. The minimum Gasteiger partial charge on any atom is -0.492 e. The van der Waals surface area contributed by atoms with Crippen LogP contribution in [0.25, 0.3) is 0 Å². The van der Waals surface area contributed by atoms with Gasteiger partial charge < -0.3 is 9.84 Å². The number of nitrogens with zero attached hydrogens (tertiary/aromatic N) is 2. The fourth-order valence-electron chi connectivity index (χ4n) is 2.35. The minimum absolute atomic E-state index is 0.293. The average Bonchev–Trinajstić information content (AvgIpc) is 3.00. The van der Waals surface area contributed by atoms with Crippen molar-refractivity contribution in [1.29, 1.82) is 0 Å². The van der Waals surface area contributed by atoms with Crippen LogP contribution in [-0.4, -0.2) is 21.5 Å². The second-order valence-electron chi connectivity index (χ2n) is 4.53. The molecule has 0 fully saturated rings.